The maximum absolute atomic E-state index is 12.3. The Bertz CT molecular complexity index is 618. The van der Waals surface area contributed by atoms with E-state index in [0.717, 1.165) is 12.5 Å². The van der Waals surface area contributed by atoms with Crippen LogP contribution in [-0.4, -0.2) is 19.4 Å². The van der Waals surface area contributed by atoms with Gasteiger partial charge in [-0.25, -0.2) is 13.1 Å². The molecule has 118 valence electrons. The zero-order valence-corrected chi connectivity index (χ0v) is 13.0. The van der Waals surface area contributed by atoms with Crippen LogP contribution in [0.15, 0.2) is 23.1 Å². The average molecular weight is 316 g/mol. The number of nitrogens with zero attached hydrogens (tertiary/aromatic N) is 1. The number of benzene rings is 1. The van der Waals surface area contributed by atoms with Crippen molar-refractivity contribution in [2.45, 2.75) is 38.1 Å². The highest BCUT2D eigenvalue weighted by Crippen LogP contribution is 2.27. The second kappa shape index (κ2) is 6.83. The molecule has 4 N–H and O–H groups in total. The molecule has 0 aliphatic rings. The van der Waals surface area contributed by atoms with E-state index in [4.69, 9.17) is 5.84 Å². The van der Waals surface area contributed by atoms with Gasteiger partial charge in [0.05, 0.1) is 9.82 Å². The SMILES string of the molecule is CCC(C)C(C)NS(=O)(=O)c1ccc(NN)c([N+](=O)[O-])c1. The molecule has 0 aliphatic heterocycles. The molecular formula is C12H20N4O4S. The molecule has 0 spiro atoms. The number of nitro groups is 1. The van der Waals surface area contributed by atoms with E-state index >= 15 is 0 Å². The van der Waals surface area contributed by atoms with E-state index in [9.17, 15) is 18.5 Å². The van der Waals surface area contributed by atoms with Crippen molar-refractivity contribution in [2.24, 2.45) is 11.8 Å². The van der Waals surface area contributed by atoms with Crippen molar-refractivity contribution in [1.29, 1.82) is 0 Å². The number of sulfonamides is 1. The lowest BCUT2D eigenvalue weighted by molar-refractivity contribution is -0.384. The number of nitrogens with two attached hydrogens (primary N) is 1. The van der Waals surface area contributed by atoms with E-state index in [2.05, 4.69) is 10.1 Å². The van der Waals surface area contributed by atoms with Crippen LogP contribution >= 0.6 is 0 Å². The third kappa shape index (κ3) is 4.13. The Morgan fingerprint density at radius 1 is 1.38 bits per heavy atom. The molecule has 0 amide bonds. The molecule has 0 aromatic heterocycles. The molecule has 0 radical (unpaired) electrons. The number of nitro benzene ring substituents is 1. The van der Waals surface area contributed by atoms with Gasteiger partial charge in [-0.1, -0.05) is 20.3 Å². The molecule has 9 heteroatoms. The predicted octanol–water partition coefficient (Wildman–Crippen LogP) is 1.59. The summed E-state index contributed by atoms with van der Waals surface area (Å²) in [5, 5.41) is 10.9. The fourth-order valence-corrected chi connectivity index (χ4v) is 3.11. The van der Waals surface area contributed by atoms with Gasteiger partial charge < -0.3 is 5.43 Å². The lowest BCUT2D eigenvalue weighted by Gasteiger charge is -2.19. The number of nitrogens with one attached hydrogen (secondary N) is 2. The summed E-state index contributed by atoms with van der Waals surface area (Å²) in [5.74, 6) is 5.32. The normalized spacial score (nSPS) is 14.5. The largest absolute Gasteiger partial charge is 0.318 e. The fraction of sp³-hybridized carbons (Fsp3) is 0.500. The van der Waals surface area contributed by atoms with E-state index < -0.39 is 20.6 Å². The molecule has 0 fully saturated rings. The Hall–Kier alpha value is -1.71. The summed E-state index contributed by atoms with van der Waals surface area (Å²) in [5.41, 5.74) is 1.82. The number of hydrogen-bond donors (Lipinski definition) is 3. The standard InChI is InChI=1S/C12H20N4O4S/c1-4-8(2)9(3)15-21(19,20)10-5-6-11(14-13)12(7-10)16(17)18/h5-9,14-15H,4,13H2,1-3H3. The predicted molar refractivity (Wildman–Crippen MR) is 80.1 cm³/mol. The molecule has 2 atom stereocenters. The fourth-order valence-electron chi connectivity index (χ4n) is 1.73. The Morgan fingerprint density at radius 3 is 2.48 bits per heavy atom. The maximum Gasteiger partial charge on any atom is 0.294 e. The highest BCUT2D eigenvalue weighted by Gasteiger charge is 2.24. The molecule has 0 bridgehead atoms. The van der Waals surface area contributed by atoms with Crippen LogP contribution in [0.5, 0.6) is 0 Å². The molecule has 8 nitrogen and oxygen atoms in total. The molecule has 0 aliphatic carbocycles. The van der Waals surface area contributed by atoms with Gasteiger partial charge in [0.25, 0.3) is 5.69 Å². The Labute approximate surface area is 123 Å². The lowest BCUT2D eigenvalue weighted by Crippen LogP contribution is -2.36. The first-order chi connectivity index (χ1) is 9.72. The van der Waals surface area contributed by atoms with E-state index in [0.29, 0.717) is 0 Å². The number of nitrogen functional groups attached to an aromatic ring is 1. The summed E-state index contributed by atoms with van der Waals surface area (Å²) < 4.78 is 27.0. The summed E-state index contributed by atoms with van der Waals surface area (Å²) in [6, 6.07) is 3.25. The van der Waals surface area contributed by atoms with Gasteiger partial charge in [-0.15, -0.1) is 0 Å². The number of rotatable bonds is 7. The first-order valence-corrected chi connectivity index (χ1v) is 7.98. The van der Waals surface area contributed by atoms with Crippen molar-refractivity contribution in [3.63, 3.8) is 0 Å². The van der Waals surface area contributed by atoms with Crippen molar-refractivity contribution >= 4 is 21.4 Å². The van der Waals surface area contributed by atoms with Crippen molar-refractivity contribution in [1.82, 2.24) is 4.72 Å². The minimum absolute atomic E-state index is 0.0499. The second-order valence-corrected chi connectivity index (χ2v) is 6.59. The van der Waals surface area contributed by atoms with Gasteiger partial charge >= 0.3 is 0 Å². The van der Waals surface area contributed by atoms with Crippen LogP contribution in [0.1, 0.15) is 27.2 Å². The van der Waals surface area contributed by atoms with E-state index in [1.165, 1.54) is 12.1 Å². The zero-order chi connectivity index (χ0) is 16.2. The monoisotopic (exact) mass is 316 g/mol. The van der Waals surface area contributed by atoms with E-state index in [1.807, 2.05) is 13.8 Å². The van der Waals surface area contributed by atoms with Crippen LogP contribution in [0.2, 0.25) is 0 Å². The number of hydrazine groups is 1. The summed E-state index contributed by atoms with van der Waals surface area (Å²) >= 11 is 0. The van der Waals surface area contributed by atoms with Gasteiger partial charge in [0, 0.05) is 12.1 Å². The molecule has 0 heterocycles. The molecule has 0 saturated carbocycles. The van der Waals surface area contributed by atoms with Gasteiger partial charge in [0.15, 0.2) is 0 Å². The van der Waals surface area contributed by atoms with Gasteiger partial charge in [-0.2, -0.15) is 0 Å². The quantitative estimate of drug-likeness (QED) is 0.398. The first-order valence-electron chi connectivity index (χ1n) is 6.50. The van der Waals surface area contributed by atoms with Crippen LogP contribution in [-0.2, 0) is 10.0 Å². The van der Waals surface area contributed by atoms with Gasteiger partial charge in [-0.3, -0.25) is 16.0 Å². The van der Waals surface area contributed by atoms with Crippen LogP contribution in [0.3, 0.4) is 0 Å². The van der Waals surface area contributed by atoms with Crippen LogP contribution < -0.4 is 16.0 Å². The highest BCUT2D eigenvalue weighted by molar-refractivity contribution is 7.89. The Morgan fingerprint density at radius 2 is 2.00 bits per heavy atom. The molecular weight excluding hydrogens is 296 g/mol. The molecule has 1 rings (SSSR count). The average Bonchev–Trinajstić information content (AvgIpc) is 2.44. The molecule has 1 aromatic rings. The van der Waals surface area contributed by atoms with Gasteiger partial charge in [0.1, 0.15) is 5.69 Å². The van der Waals surface area contributed by atoms with Gasteiger partial charge in [-0.05, 0) is 25.0 Å². The van der Waals surface area contributed by atoms with Crippen molar-refractivity contribution in [2.75, 3.05) is 5.43 Å². The van der Waals surface area contributed by atoms with E-state index in [1.54, 1.807) is 6.92 Å². The Kier molecular flexibility index (Phi) is 5.64. The third-order valence-electron chi connectivity index (χ3n) is 3.47. The molecule has 0 saturated heterocycles. The van der Waals surface area contributed by atoms with E-state index in [-0.39, 0.29) is 22.5 Å². The van der Waals surface area contributed by atoms with Gasteiger partial charge in [0.2, 0.25) is 10.0 Å². The minimum Gasteiger partial charge on any atom is -0.318 e. The highest BCUT2D eigenvalue weighted by atomic mass is 32.2. The summed E-state index contributed by atoms with van der Waals surface area (Å²) in [4.78, 5) is 10.1. The summed E-state index contributed by atoms with van der Waals surface area (Å²) in [6.45, 7) is 5.65. The molecule has 2 unspecified atom stereocenters. The summed E-state index contributed by atoms with van der Waals surface area (Å²) in [6.07, 6.45) is 0.819. The van der Waals surface area contributed by atoms with Crippen molar-refractivity contribution < 1.29 is 13.3 Å². The van der Waals surface area contributed by atoms with Crippen LogP contribution in [0, 0.1) is 16.0 Å². The minimum atomic E-state index is -3.82. The topological polar surface area (TPSA) is 127 Å². The maximum atomic E-state index is 12.3. The number of hydrogen-bond acceptors (Lipinski definition) is 6. The zero-order valence-electron chi connectivity index (χ0n) is 12.2. The van der Waals surface area contributed by atoms with Crippen LogP contribution in [0.4, 0.5) is 11.4 Å². The smallest absolute Gasteiger partial charge is 0.294 e. The lowest BCUT2D eigenvalue weighted by atomic mass is 10.0. The Balaban J connectivity index is 3.15. The third-order valence-corrected chi connectivity index (χ3v) is 5.03. The number of anilines is 1. The first kappa shape index (κ1) is 17.3. The second-order valence-electron chi connectivity index (χ2n) is 4.88. The van der Waals surface area contributed by atoms with Crippen molar-refractivity contribution in [3.05, 3.63) is 28.3 Å². The van der Waals surface area contributed by atoms with Crippen molar-refractivity contribution in [3.8, 4) is 0 Å². The molecule has 21 heavy (non-hydrogen) atoms. The molecule has 1 aromatic carbocycles. The van der Waals surface area contributed by atoms with Crippen LogP contribution in [0.25, 0.3) is 0 Å². The summed E-state index contributed by atoms with van der Waals surface area (Å²) in [7, 11) is -3.82.